The number of ether oxygens (including phenoxy) is 4. The molecule has 0 aromatic heterocycles. The Labute approximate surface area is 186 Å². The summed E-state index contributed by atoms with van der Waals surface area (Å²) < 4.78 is 23.6. The zero-order valence-corrected chi connectivity index (χ0v) is 18.3. The van der Waals surface area contributed by atoms with Gasteiger partial charge in [0.1, 0.15) is 30.5 Å². The molecule has 0 radical (unpaired) electrons. The van der Waals surface area contributed by atoms with E-state index in [0.717, 1.165) is 25.3 Å². The van der Waals surface area contributed by atoms with Crippen LogP contribution < -0.4 is 9.47 Å². The summed E-state index contributed by atoms with van der Waals surface area (Å²) in [6.07, 6.45) is -1.60. The lowest BCUT2D eigenvalue weighted by Gasteiger charge is -2.42. The van der Waals surface area contributed by atoms with Crippen molar-refractivity contribution in [1.29, 1.82) is 0 Å². The minimum atomic E-state index is -1.47. The van der Waals surface area contributed by atoms with Crippen LogP contribution in [0.4, 0.5) is 0 Å². The minimum absolute atomic E-state index is 0.182. The average Bonchev–Trinajstić information content (AvgIpc) is 3.05. The van der Waals surface area contributed by atoms with E-state index < -0.39 is 43.4 Å². The Balaban J connectivity index is 1.42. The quantitative estimate of drug-likeness (QED) is 0.458. The van der Waals surface area contributed by atoms with Gasteiger partial charge in [-0.15, -0.1) is 0 Å². The Hall–Kier alpha value is -1.72. The maximum Gasteiger partial charge on any atom is 0.187 e. The molecule has 4 aliphatic rings. The fourth-order valence-electron chi connectivity index (χ4n) is 5.52. The highest BCUT2D eigenvalue weighted by atomic mass is 16.7. The smallest absolute Gasteiger partial charge is 0.187 e. The Morgan fingerprint density at radius 3 is 2.75 bits per heavy atom. The third kappa shape index (κ3) is 3.35. The first-order chi connectivity index (χ1) is 15.4. The molecule has 5 rings (SSSR count). The van der Waals surface area contributed by atoms with E-state index in [0.29, 0.717) is 12.2 Å². The van der Waals surface area contributed by atoms with Crippen molar-refractivity contribution in [3.8, 4) is 11.5 Å². The molecule has 3 heterocycles. The summed E-state index contributed by atoms with van der Waals surface area (Å²) in [5.74, 6) is 1.49. The van der Waals surface area contributed by atoms with Crippen LogP contribution in [-0.2, 0) is 21.4 Å². The van der Waals surface area contributed by atoms with Gasteiger partial charge in [0, 0.05) is 18.5 Å². The summed E-state index contributed by atoms with van der Waals surface area (Å²) in [7, 11) is 3.75. The maximum absolute atomic E-state index is 10.3. The fourth-order valence-corrected chi connectivity index (χ4v) is 5.52. The second-order valence-electron chi connectivity index (χ2n) is 9.23. The lowest BCUT2D eigenvalue weighted by Crippen LogP contribution is -2.60. The molecule has 32 heavy (non-hydrogen) atoms. The molecule has 9 heteroatoms. The first-order valence-electron chi connectivity index (χ1n) is 11.1. The fraction of sp³-hybridized carbons (Fsp3) is 0.652. The number of aliphatic hydroxyl groups excluding tert-OH is 4. The molecule has 3 aliphatic heterocycles. The normalized spacial score (nSPS) is 40.9. The molecule has 9 nitrogen and oxygen atoms in total. The molecule has 0 saturated carbocycles. The molecule has 4 N–H and O–H groups in total. The number of benzene rings is 1. The van der Waals surface area contributed by atoms with Crippen molar-refractivity contribution in [2.45, 2.75) is 67.7 Å². The number of rotatable bonds is 4. The van der Waals surface area contributed by atoms with Crippen LogP contribution in [0.3, 0.4) is 0 Å². The van der Waals surface area contributed by atoms with Gasteiger partial charge in [-0.3, -0.25) is 0 Å². The van der Waals surface area contributed by atoms with Gasteiger partial charge in [0.05, 0.1) is 25.2 Å². The number of nitrogens with zero attached hydrogens (tertiary/aromatic N) is 1. The van der Waals surface area contributed by atoms with E-state index in [9.17, 15) is 20.4 Å². The summed E-state index contributed by atoms with van der Waals surface area (Å²) in [6, 6.07) is 4.06. The van der Waals surface area contributed by atoms with Gasteiger partial charge in [0.2, 0.25) is 0 Å². The average molecular weight is 450 g/mol. The van der Waals surface area contributed by atoms with Crippen molar-refractivity contribution < 1.29 is 39.4 Å². The van der Waals surface area contributed by atoms with Crippen LogP contribution in [0.2, 0.25) is 0 Å². The number of hydrogen-bond acceptors (Lipinski definition) is 9. The van der Waals surface area contributed by atoms with Crippen LogP contribution in [0, 0.1) is 0 Å². The van der Waals surface area contributed by atoms with E-state index in [1.54, 1.807) is 7.11 Å². The first-order valence-corrected chi connectivity index (χ1v) is 11.1. The number of aliphatic hydroxyl groups is 4. The van der Waals surface area contributed by atoms with Gasteiger partial charge in [0.15, 0.2) is 17.8 Å². The van der Waals surface area contributed by atoms with Gasteiger partial charge >= 0.3 is 0 Å². The lowest BCUT2D eigenvalue weighted by molar-refractivity contribution is -0.309. The molecular weight excluding hydrogens is 418 g/mol. The van der Waals surface area contributed by atoms with E-state index in [1.807, 2.05) is 12.1 Å². The molecule has 8 atom stereocenters. The maximum atomic E-state index is 10.3. The molecule has 1 saturated heterocycles. The van der Waals surface area contributed by atoms with E-state index in [2.05, 4.69) is 24.1 Å². The lowest BCUT2D eigenvalue weighted by atomic mass is 9.69. The zero-order chi connectivity index (χ0) is 22.6. The van der Waals surface area contributed by atoms with Gasteiger partial charge in [0.25, 0.3) is 0 Å². The SMILES string of the molecule is COc1ccc2c3c1O[C@H]1C[C@@H](O[C@@H]4O[C@H](CO)[C@@H](O)[C@H](O)[C@H]4O)C=C[C@@]31CCN(C)C2. The van der Waals surface area contributed by atoms with Crippen LogP contribution in [0.5, 0.6) is 11.5 Å². The van der Waals surface area contributed by atoms with Crippen molar-refractivity contribution in [1.82, 2.24) is 4.90 Å². The van der Waals surface area contributed by atoms with E-state index in [4.69, 9.17) is 18.9 Å². The molecule has 176 valence electrons. The van der Waals surface area contributed by atoms with Crippen molar-refractivity contribution >= 4 is 0 Å². The van der Waals surface area contributed by atoms with Gasteiger partial charge in [-0.1, -0.05) is 18.2 Å². The van der Waals surface area contributed by atoms with Gasteiger partial charge in [-0.2, -0.15) is 0 Å². The highest BCUT2D eigenvalue weighted by Crippen LogP contribution is 2.56. The zero-order valence-electron chi connectivity index (χ0n) is 18.3. The predicted octanol–water partition coefficient (Wildman–Crippen LogP) is -0.325. The van der Waals surface area contributed by atoms with Gasteiger partial charge < -0.3 is 44.3 Å². The topological polar surface area (TPSA) is 121 Å². The summed E-state index contributed by atoms with van der Waals surface area (Å²) in [5.41, 5.74) is 2.11. The van der Waals surface area contributed by atoms with E-state index in [1.165, 1.54) is 11.1 Å². The highest BCUT2D eigenvalue weighted by molar-refractivity contribution is 5.61. The monoisotopic (exact) mass is 449 g/mol. The van der Waals surface area contributed by atoms with E-state index >= 15 is 0 Å². The summed E-state index contributed by atoms with van der Waals surface area (Å²) in [4.78, 5) is 2.30. The Bertz CT molecular complexity index is 891. The van der Waals surface area contributed by atoms with Crippen molar-refractivity contribution in [2.75, 3.05) is 27.3 Å². The summed E-state index contributed by atoms with van der Waals surface area (Å²) in [6.45, 7) is 1.26. The standard InChI is InChI=1S/C23H31NO8/c1-24-8-7-23-6-5-13(30-22-20(28)19(27)18(26)15(11-25)31-22)9-16(23)32-21-14(29-2)4-3-12(10-24)17(21)23/h3-6,13,15-16,18-20,22,25-28H,7-11H2,1-2H3/t13-,15+,16-,18+,19-,20+,22+,23-/m0/s1. The Kier molecular flexibility index (Phi) is 5.69. The van der Waals surface area contributed by atoms with Crippen molar-refractivity contribution in [3.05, 3.63) is 35.4 Å². The third-order valence-corrected chi connectivity index (χ3v) is 7.29. The van der Waals surface area contributed by atoms with E-state index in [-0.39, 0.29) is 11.5 Å². The second-order valence-corrected chi connectivity index (χ2v) is 9.23. The van der Waals surface area contributed by atoms with Crippen LogP contribution in [0.25, 0.3) is 0 Å². The first kappa shape index (κ1) is 22.1. The molecule has 1 aromatic carbocycles. The van der Waals surface area contributed by atoms with Crippen LogP contribution in [0.15, 0.2) is 24.3 Å². The predicted molar refractivity (Wildman–Crippen MR) is 112 cm³/mol. The molecule has 1 spiro atoms. The summed E-state index contributed by atoms with van der Waals surface area (Å²) in [5, 5.41) is 39.8. The molecule has 0 bridgehead atoms. The number of methoxy groups -OCH3 is 1. The minimum Gasteiger partial charge on any atom is -0.493 e. The van der Waals surface area contributed by atoms with Crippen molar-refractivity contribution in [2.24, 2.45) is 0 Å². The highest BCUT2D eigenvalue weighted by Gasteiger charge is 2.53. The molecule has 1 aromatic rings. The second kappa shape index (κ2) is 8.25. The van der Waals surface area contributed by atoms with Crippen LogP contribution >= 0.6 is 0 Å². The molecule has 0 unspecified atom stereocenters. The molecule has 0 amide bonds. The Morgan fingerprint density at radius 2 is 2.00 bits per heavy atom. The molecular formula is C23H31NO8. The Morgan fingerprint density at radius 1 is 1.19 bits per heavy atom. The third-order valence-electron chi connectivity index (χ3n) is 7.29. The van der Waals surface area contributed by atoms with Crippen LogP contribution in [0.1, 0.15) is 24.0 Å². The summed E-state index contributed by atoms with van der Waals surface area (Å²) >= 11 is 0. The van der Waals surface area contributed by atoms with Gasteiger partial charge in [-0.05, 0) is 31.6 Å². The largest absolute Gasteiger partial charge is 0.493 e. The molecule has 1 aliphatic carbocycles. The van der Waals surface area contributed by atoms with Gasteiger partial charge in [-0.25, -0.2) is 0 Å². The number of hydrogen-bond donors (Lipinski definition) is 4. The molecule has 1 fully saturated rings. The van der Waals surface area contributed by atoms with Crippen LogP contribution in [-0.4, -0.2) is 95.5 Å². The van der Waals surface area contributed by atoms with Crippen molar-refractivity contribution in [3.63, 3.8) is 0 Å².